The van der Waals surface area contributed by atoms with Crippen LogP contribution in [-0.2, 0) is 10.8 Å². The third kappa shape index (κ3) is 7.57. The van der Waals surface area contributed by atoms with Gasteiger partial charge < -0.3 is 18.6 Å². The molecule has 4 aromatic heterocycles. The summed E-state index contributed by atoms with van der Waals surface area (Å²) in [5.41, 5.74) is 25.3. The topological polar surface area (TPSA) is 15.3 Å². The highest BCUT2D eigenvalue weighted by Gasteiger charge is 2.30. The second kappa shape index (κ2) is 17.8. The molecule has 0 spiro atoms. The van der Waals surface area contributed by atoms with Crippen LogP contribution in [0.15, 0.2) is 224 Å². The Hall–Kier alpha value is -9.38. The van der Waals surface area contributed by atoms with Crippen molar-refractivity contribution in [2.45, 2.75) is 73.1 Å². The molecule has 81 heavy (non-hydrogen) atoms. The summed E-state index contributed by atoms with van der Waals surface area (Å²) in [7, 11) is 0. The van der Waals surface area contributed by atoms with Crippen molar-refractivity contribution in [3.63, 3.8) is 0 Å². The second-order valence-electron chi connectivity index (χ2n) is 24.8. The van der Waals surface area contributed by atoms with Gasteiger partial charge in [0.05, 0.1) is 44.5 Å². The van der Waals surface area contributed by atoms with E-state index in [-0.39, 0.29) is 10.8 Å². The molecule has 0 aliphatic heterocycles. The number of aryl methyl sites for hydroxylation is 3. The summed E-state index contributed by atoms with van der Waals surface area (Å²) in [4.78, 5) is 5.00. The molecule has 0 aliphatic rings. The Morgan fingerprint density at radius 3 is 1.19 bits per heavy atom. The normalized spacial score (nSPS) is 12.5. The van der Waals surface area contributed by atoms with Crippen LogP contribution in [0.4, 0.5) is 34.1 Å². The third-order valence-corrected chi connectivity index (χ3v) is 17.6. The van der Waals surface area contributed by atoms with Crippen molar-refractivity contribution < 1.29 is 0 Å². The molecule has 4 nitrogen and oxygen atoms in total. The average molecular weight is 1050 g/mol. The molecule has 15 aromatic rings. The van der Waals surface area contributed by atoms with E-state index in [0.29, 0.717) is 0 Å². The summed E-state index contributed by atoms with van der Waals surface area (Å²) in [5.74, 6) is 0. The van der Waals surface area contributed by atoms with E-state index in [0.717, 1.165) is 34.1 Å². The lowest BCUT2D eigenvalue weighted by Crippen LogP contribution is -2.11. The van der Waals surface area contributed by atoms with Crippen molar-refractivity contribution in [3.8, 4) is 22.3 Å². The fourth-order valence-electron chi connectivity index (χ4n) is 13.2. The smallest absolute Gasteiger partial charge is 0.0641 e. The second-order valence-corrected chi connectivity index (χ2v) is 24.8. The number of anilines is 6. The van der Waals surface area contributed by atoms with Gasteiger partial charge in [-0.2, -0.15) is 0 Å². The molecule has 0 radical (unpaired) electrons. The highest BCUT2D eigenvalue weighted by Crippen LogP contribution is 2.52. The van der Waals surface area contributed by atoms with Gasteiger partial charge in [0, 0.05) is 65.8 Å². The van der Waals surface area contributed by atoms with E-state index in [1.807, 2.05) is 0 Å². The molecule has 392 valence electrons. The zero-order chi connectivity index (χ0) is 55.2. The largest absolute Gasteiger partial charge is 0.310 e. The molecule has 0 bridgehead atoms. The van der Waals surface area contributed by atoms with Crippen LogP contribution in [0.25, 0.3) is 98.4 Å². The molecule has 0 amide bonds. The highest BCUT2D eigenvalue weighted by molar-refractivity contribution is 6.32. The van der Waals surface area contributed by atoms with Gasteiger partial charge in [-0.15, -0.1) is 0 Å². The minimum atomic E-state index is -0.0534. The molecule has 4 heterocycles. The van der Waals surface area contributed by atoms with Gasteiger partial charge in [0.2, 0.25) is 0 Å². The van der Waals surface area contributed by atoms with Crippen LogP contribution in [0, 0.1) is 20.8 Å². The Balaban J connectivity index is 1.03. The van der Waals surface area contributed by atoms with Crippen LogP contribution >= 0.6 is 0 Å². The molecule has 4 heteroatoms. The van der Waals surface area contributed by atoms with Crippen LogP contribution < -0.4 is 9.80 Å². The monoisotopic (exact) mass is 1040 g/mol. The first-order valence-corrected chi connectivity index (χ1v) is 28.7. The molecule has 0 N–H and O–H groups in total. The number of benzene rings is 11. The lowest BCUT2D eigenvalue weighted by atomic mass is 9.86. The van der Waals surface area contributed by atoms with Crippen LogP contribution in [-0.4, -0.2) is 8.80 Å². The fraction of sp³-hybridized carbons (Fsp3) is 0.143. The zero-order valence-electron chi connectivity index (χ0n) is 47.7. The van der Waals surface area contributed by atoms with E-state index < -0.39 is 0 Å². The predicted octanol–water partition coefficient (Wildman–Crippen LogP) is 21.8. The van der Waals surface area contributed by atoms with Gasteiger partial charge in [-0.25, -0.2) is 0 Å². The summed E-state index contributed by atoms with van der Waals surface area (Å²) in [6, 6.07) is 84.8. The maximum Gasteiger partial charge on any atom is 0.0641 e. The van der Waals surface area contributed by atoms with Gasteiger partial charge in [0.1, 0.15) is 0 Å². The molecule has 0 saturated heterocycles. The maximum atomic E-state index is 2.59. The van der Waals surface area contributed by atoms with Crippen molar-refractivity contribution >= 4 is 110 Å². The summed E-state index contributed by atoms with van der Waals surface area (Å²) < 4.78 is 5.18. The number of rotatable bonds is 8. The molecule has 0 aliphatic carbocycles. The fourth-order valence-corrected chi connectivity index (χ4v) is 13.2. The van der Waals surface area contributed by atoms with E-state index >= 15 is 0 Å². The summed E-state index contributed by atoms with van der Waals surface area (Å²) >= 11 is 0. The van der Waals surface area contributed by atoms with Gasteiger partial charge in [-0.05, 0) is 173 Å². The van der Waals surface area contributed by atoms with Crippen LogP contribution in [0.3, 0.4) is 0 Å². The lowest BCUT2D eigenvalue weighted by Gasteiger charge is -2.28. The molecule has 15 rings (SSSR count). The minimum Gasteiger partial charge on any atom is -0.310 e. The Morgan fingerprint density at radius 2 is 0.728 bits per heavy atom. The first kappa shape index (κ1) is 48.7. The van der Waals surface area contributed by atoms with Crippen molar-refractivity contribution in [2.75, 3.05) is 9.80 Å². The van der Waals surface area contributed by atoms with Crippen molar-refractivity contribution in [3.05, 3.63) is 252 Å². The van der Waals surface area contributed by atoms with E-state index in [2.05, 4.69) is 305 Å². The molecule has 0 saturated carbocycles. The molecule has 0 atom stereocenters. The zero-order valence-corrected chi connectivity index (χ0v) is 47.7. The minimum absolute atomic E-state index is 0.0517. The predicted molar refractivity (Wildman–Crippen MR) is 348 cm³/mol. The number of nitrogens with zero attached hydrogens (tertiary/aromatic N) is 4. The third-order valence-electron chi connectivity index (χ3n) is 17.6. The lowest BCUT2D eigenvalue weighted by molar-refractivity contribution is 0.591. The Kier molecular flexibility index (Phi) is 10.7. The van der Waals surface area contributed by atoms with Gasteiger partial charge in [-0.3, -0.25) is 0 Å². The highest BCUT2D eigenvalue weighted by atomic mass is 15.2. The summed E-state index contributed by atoms with van der Waals surface area (Å²) in [5, 5.41) is 10.0. The summed E-state index contributed by atoms with van der Waals surface area (Å²) in [6.07, 6.45) is 0. The molecule has 11 aromatic carbocycles. The molecule has 0 unspecified atom stereocenters. The Bertz CT molecular complexity index is 4970. The Labute approximate surface area is 474 Å². The SMILES string of the molecule is Cc1ccc(N(c2cccc(-c3ccccc3)c2)c2ccc3c4cc5c(cc4n4c6ccc(C(C)(C)C)cc6c2c34)c2ccc(N(c3cccc(-c4ccccc4)c3)c3ccc(C)c(C)c3)c3c4cc(C(C)(C)C)ccc4n5c23)cc1. The average Bonchev–Trinajstić information content (AvgIpc) is 2.29. The quantitative estimate of drug-likeness (QED) is 0.151. The van der Waals surface area contributed by atoms with Crippen LogP contribution in [0.2, 0.25) is 0 Å². The first-order valence-electron chi connectivity index (χ1n) is 28.7. The number of hydrogen-bond acceptors (Lipinski definition) is 2. The van der Waals surface area contributed by atoms with Gasteiger partial charge in [0.15, 0.2) is 0 Å². The van der Waals surface area contributed by atoms with Gasteiger partial charge >= 0.3 is 0 Å². The van der Waals surface area contributed by atoms with E-state index in [1.54, 1.807) is 0 Å². The Morgan fingerprint density at radius 1 is 0.296 bits per heavy atom. The van der Waals surface area contributed by atoms with Crippen molar-refractivity contribution in [1.82, 2.24) is 8.80 Å². The van der Waals surface area contributed by atoms with Gasteiger partial charge in [0.25, 0.3) is 0 Å². The first-order chi connectivity index (χ1) is 39.2. The summed E-state index contributed by atoms with van der Waals surface area (Å²) in [6.45, 7) is 20.6. The number of hydrogen-bond donors (Lipinski definition) is 0. The number of aromatic nitrogens is 2. The van der Waals surface area contributed by atoms with E-state index in [1.165, 1.54) is 126 Å². The van der Waals surface area contributed by atoms with Crippen LogP contribution in [0.1, 0.15) is 69.4 Å². The molecule has 0 fully saturated rings. The standard InChI is InChI=1S/C77H64N4/c1-47-26-31-56(32-27-47)78(57-24-16-22-52(41-57)50-18-12-10-13-19-50)68-38-34-60-62-45-71-63(46-70(62)80-66-36-29-54(76(4,5)6)43-64(66)72(68)74(60)80)61-35-39-69(73-65-44-55(77(7,8)9)30-37-67(65)81(71)75(61)73)79(59-33-28-48(2)49(3)40-59)58-25-17-23-53(42-58)51-20-14-11-15-21-51/h10-46H,1-9H3. The van der Waals surface area contributed by atoms with Crippen molar-refractivity contribution in [2.24, 2.45) is 0 Å². The molecular weight excluding hydrogens is 981 g/mol. The van der Waals surface area contributed by atoms with E-state index in [4.69, 9.17) is 0 Å². The van der Waals surface area contributed by atoms with Crippen molar-refractivity contribution in [1.29, 1.82) is 0 Å². The van der Waals surface area contributed by atoms with Crippen LogP contribution in [0.5, 0.6) is 0 Å². The van der Waals surface area contributed by atoms with E-state index in [9.17, 15) is 0 Å². The maximum absolute atomic E-state index is 2.59. The molecular formula is C77H64N4. The number of fused-ring (bicyclic) bond motifs is 12. The van der Waals surface area contributed by atoms with Gasteiger partial charge in [-0.1, -0.05) is 174 Å².